The summed E-state index contributed by atoms with van der Waals surface area (Å²) < 4.78 is 0. The van der Waals surface area contributed by atoms with Crippen LogP contribution in [-0.2, 0) is 25.6 Å². The van der Waals surface area contributed by atoms with Crippen molar-refractivity contribution in [3.8, 4) is 5.75 Å². The van der Waals surface area contributed by atoms with E-state index in [9.17, 15) is 39.3 Å². The van der Waals surface area contributed by atoms with Gasteiger partial charge in [-0.2, -0.15) is 0 Å². The van der Waals surface area contributed by atoms with E-state index in [0.29, 0.717) is 11.3 Å². The van der Waals surface area contributed by atoms with Crippen LogP contribution in [0.3, 0.4) is 0 Å². The Bertz CT molecular complexity index is 1240. The number of aromatic hydroxyl groups is 1. The topological polar surface area (TPSA) is 177 Å². The van der Waals surface area contributed by atoms with E-state index < -0.39 is 77.3 Å². The van der Waals surface area contributed by atoms with Crippen LogP contribution in [0.2, 0.25) is 0 Å². The van der Waals surface area contributed by atoms with Gasteiger partial charge in [-0.25, -0.2) is 0 Å². The number of carbonyl (C=O) groups is 5. The zero-order valence-corrected chi connectivity index (χ0v) is 22.9. The average molecular weight is 565 g/mol. The van der Waals surface area contributed by atoms with Gasteiger partial charge in [0.2, 0.25) is 11.8 Å². The third-order valence-electron chi connectivity index (χ3n) is 8.28. The number of anilines is 1. The molecule has 5 N–H and O–H groups in total. The molecule has 0 aliphatic heterocycles. The fourth-order valence-electron chi connectivity index (χ4n) is 6.59. The molecule has 7 atom stereocenters. The van der Waals surface area contributed by atoms with Crippen molar-refractivity contribution in [3.05, 3.63) is 23.3 Å². The number of phenols is 1. The molecule has 12 nitrogen and oxygen atoms in total. The second-order valence-electron chi connectivity index (χ2n) is 10.9. The van der Waals surface area contributed by atoms with Gasteiger partial charge in [0, 0.05) is 31.7 Å². The Labute approximate surface area is 230 Å². The quantitative estimate of drug-likeness (QED) is 0.158. The Morgan fingerprint density at radius 2 is 1.77 bits per heavy atom. The number of benzene rings is 1. The Morgan fingerprint density at radius 1 is 1.10 bits per heavy atom. The van der Waals surface area contributed by atoms with Gasteiger partial charge < -0.3 is 35.8 Å². The van der Waals surface area contributed by atoms with Crippen LogP contribution in [0.25, 0.3) is 0 Å². The van der Waals surface area contributed by atoms with Crippen LogP contribution in [-0.4, -0.2) is 108 Å². The Hall–Kier alpha value is -3.06. The van der Waals surface area contributed by atoms with Crippen molar-refractivity contribution in [2.24, 2.45) is 23.7 Å². The SMILES string of the molecule is CN(C)c1ccc(O)c2c1C[C@@H]1C[C@@H]3[C@@H](N(C)C)C(O)C(C(=O)NCNC(=O)CCl)C(=O)[C@]3(O)C(=O)C1C2=O. The maximum Gasteiger partial charge on any atom is 0.236 e. The molecule has 0 aromatic heterocycles. The number of amides is 2. The first-order chi connectivity index (χ1) is 18.3. The fraction of sp³-hybridized carbons (Fsp3) is 0.577. The number of aliphatic hydroxyl groups excluding tert-OH is 1. The van der Waals surface area contributed by atoms with Gasteiger partial charge in [-0.1, -0.05) is 0 Å². The highest BCUT2D eigenvalue weighted by atomic mass is 35.5. The molecular formula is C26H33ClN4O8. The molecule has 0 bridgehead atoms. The number of hydrogen-bond donors (Lipinski definition) is 5. The molecule has 2 saturated carbocycles. The number of hydrogen-bond acceptors (Lipinski definition) is 10. The highest BCUT2D eigenvalue weighted by molar-refractivity contribution is 6.27. The van der Waals surface area contributed by atoms with Gasteiger partial charge in [0.25, 0.3) is 0 Å². The molecule has 1 aromatic rings. The van der Waals surface area contributed by atoms with Crippen LogP contribution < -0.4 is 15.5 Å². The lowest BCUT2D eigenvalue weighted by atomic mass is 9.52. The summed E-state index contributed by atoms with van der Waals surface area (Å²) >= 11 is 5.42. The van der Waals surface area contributed by atoms with Gasteiger partial charge in [0.1, 0.15) is 17.5 Å². The Kier molecular flexibility index (Phi) is 7.78. The van der Waals surface area contributed by atoms with E-state index in [1.54, 1.807) is 44.1 Å². The summed E-state index contributed by atoms with van der Waals surface area (Å²) in [6, 6.07) is 2.06. The summed E-state index contributed by atoms with van der Waals surface area (Å²) in [5, 5.41) is 38.2. The predicted molar refractivity (Wildman–Crippen MR) is 139 cm³/mol. The molecule has 0 saturated heterocycles. The summed E-state index contributed by atoms with van der Waals surface area (Å²) in [7, 11) is 6.77. The van der Waals surface area contributed by atoms with Crippen molar-refractivity contribution in [1.29, 1.82) is 0 Å². The summed E-state index contributed by atoms with van der Waals surface area (Å²) in [5.41, 5.74) is -1.47. The molecule has 2 fully saturated rings. The smallest absolute Gasteiger partial charge is 0.236 e. The predicted octanol–water partition coefficient (Wildman–Crippen LogP) is -1.33. The van der Waals surface area contributed by atoms with Crippen molar-refractivity contribution >= 4 is 46.5 Å². The number of fused-ring (bicyclic) bond motifs is 3. The van der Waals surface area contributed by atoms with Crippen LogP contribution in [0.15, 0.2) is 12.1 Å². The minimum atomic E-state index is -2.72. The lowest BCUT2D eigenvalue weighted by Crippen LogP contribution is -2.75. The van der Waals surface area contributed by atoms with Gasteiger partial charge >= 0.3 is 0 Å². The minimum absolute atomic E-state index is 0.0189. The summed E-state index contributed by atoms with van der Waals surface area (Å²) in [4.78, 5) is 69.1. The first-order valence-electron chi connectivity index (χ1n) is 12.6. The molecular weight excluding hydrogens is 532 g/mol. The van der Waals surface area contributed by atoms with E-state index in [4.69, 9.17) is 11.6 Å². The van der Waals surface area contributed by atoms with Crippen molar-refractivity contribution in [2.75, 3.05) is 45.6 Å². The van der Waals surface area contributed by atoms with Crippen molar-refractivity contribution in [2.45, 2.75) is 30.6 Å². The molecule has 1 aromatic carbocycles. The zero-order chi connectivity index (χ0) is 29.0. The van der Waals surface area contributed by atoms with E-state index in [2.05, 4.69) is 10.6 Å². The number of aliphatic hydroxyl groups is 2. The summed E-state index contributed by atoms with van der Waals surface area (Å²) in [5.74, 6) is -10.1. The third-order valence-corrected chi connectivity index (χ3v) is 8.52. The monoisotopic (exact) mass is 564 g/mol. The number of nitrogens with one attached hydrogen (secondary N) is 2. The van der Waals surface area contributed by atoms with Gasteiger partial charge in [-0.05, 0) is 50.6 Å². The fourth-order valence-corrected chi connectivity index (χ4v) is 6.68. The second kappa shape index (κ2) is 10.5. The summed E-state index contributed by atoms with van der Waals surface area (Å²) in [6.07, 6.45) is -1.30. The largest absolute Gasteiger partial charge is 0.507 e. The standard InChI is InChI=1S/C26H33ClN4O8/c1-30(2)14-5-6-15(32)18-12(14)7-11-8-13-20(31(3)4)22(35)19(25(38)29-10-28-16(33)9-27)24(37)26(13,39)23(36)17(11)21(18)34/h5-6,11,13,17,19-20,22,32,35,39H,7-10H2,1-4H3,(H,28,33)(H,29,38)/t11-,13-,17?,19?,20-,22?,26-/m1/s1. The number of Topliss-reactive ketones (excluding diaryl/α,β-unsaturated/α-hetero) is 3. The van der Waals surface area contributed by atoms with Crippen LogP contribution in [0, 0.1) is 23.7 Å². The van der Waals surface area contributed by atoms with Crippen LogP contribution in [0.1, 0.15) is 22.3 Å². The van der Waals surface area contributed by atoms with E-state index in [1.807, 2.05) is 0 Å². The number of carbonyl (C=O) groups excluding carboxylic acids is 5. The Balaban J connectivity index is 1.75. The molecule has 0 spiro atoms. The number of ketones is 3. The molecule has 3 unspecified atom stereocenters. The van der Waals surface area contributed by atoms with Crippen LogP contribution >= 0.6 is 11.6 Å². The molecule has 0 heterocycles. The van der Waals surface area contributed by atoms with Gasteiger partial charge in [0.05, 0.1) is 24.3 Å². The molecule has 3 aliphatic carbocycles. The normalized spacial score (nSPS) is 31.7. The molecule has 13 heteroatoms. The second-order valence-corrected chi connectivity index (χ2v) is 11.1. The Morgan fingerprint density at radius 3 is 2.36 bits per heavy atom. The molecule has 3 aliphatic rings. The molecule has 2 amide bonds. The number of nitrogens with zero attached hydrogens (tertiary/aromatic N) is 2. The van der Waals surface area contributed by atoms with Crippen LogP contribution in [0.5, 0.6) is 5.75 Å². The van der Waals surface area contributed by atoms with E-state index in [0.717, 1.165) is 0 Å². The number of phenolic OH excluding ortho intramolecular Hbond substituents is 1. The number of likely N-dealkylation sites (N-methyl/N-ethyl adjacent to an activating group) is 1. The number of rotatable bonds is 6. The van der Waals surface area contributed by atoms with Gasteiger partial charge in [-0.15, -0.1) is 11.6 Å². The van der Waals surface area contributed by atoms with Crippen LogP contribution in [0.4, 0.5) is 5.69 Å². The van der Waals surface area contributed by atoms with E-state index in [-0.39, 0.29) is 30.0 Å². The number of alkyl halides is 1. The van der Waals surface area contributed by atoms with Crippen molar-refractivity contribution in [3.63, 3.8) is 0 Å². The zero-order valence-electron chi connectivity index (χ0n) is 22.1. The number of halogens is 1. The van der Waals surface area contributed by atoms with Gasteiger partial charge in [0.15, 0.2) is 23.0 Å². The van der Waals surface area contributed by atoms with E-state index in [1.165, 1.54) is 6.07 Å². The van der Waals surface area contributed by atoms with Gasteiger partial charge in [-0.3, -0.25) is 24.0 Å². The maximum atomic E-state index is 14.0. The highest BCUT2D eigenvalue weighted by Gasteiger charge is 2.69. The van der Waals surface area contributed by atoms with Crippen molar-refractivity contribution in [1.82, 2.24) is 15.5 Å². The molecule has 39 heavy (non-hydrogen) atoms. The van der Waals surface area contributed by atoms with Crippen molar-refractivity contribution < 1.29 is 39.3 Å². The average Bonchev–Trinajstić information content (AvgIpc) is 2.85. The minimum Gasteiger partial charge on any atom is -0.507 e. The third kappa shape index (κ3) is 4.48. The first kappa shape index (κ1) is 28.9. The highest BCUT2D eigenvalue weighted by Crippen LogP contribution is 2.52. The molecule has 4 rings (SSSR count). The van der Waals surface area contributed by atoms with E-state index >= 15 is 0 Å². The maximum absolute atomic E-state index is 14.0. The lowest BCUT2D eigenvalue weighted by molar-refractivity contribution is -0.191. The molecule has 0 radical (unpaired) electrons. The summed E-state index contributed by atoms with van der Waals surface area (Å²) in [6.45, 7) is -0.392. The first-order valence-corrected chi connectivity index (χ1v) is 13.1. The molecule has 212 valence electrons. The lowest BCUT2D eigenvalue weighted by Gasteiger charge is -2.55.